The average Bonchev–Trinajstić information content (AvgIpc) is 4.00. The van der Waals surface area contributed by atoms with Gasteiger partial charge in [-0.05, 0) is 84.7 Å². The first-order valence-corrected chi connectivity index (χ1v) is 29.2. The van der Waals surface area contributed by atoms with Crippen molar-refractivity contribution in [1.82, 2.24) is 14.5 Å². The maximum atomic E-state index is 8.44. The summed E-state index contributed by atoms with van der Waals surface area (Å²) in [5.74, 6) is 0.723. The zero-order valence-electron chi connectivity index (χ0n) is 43.3. The van der Waals surface area contributed by atoms with E-state index in [9.17, 15) is 0 Å². The molecular formula is C67H57IrN3SSi-2. The standard InChI is InChI=1S/C50H35N2S.C17H22NSi.Ir/c1-32(2)37-22-25-41-46(31-37)53-49-42(27-26-39(47(41)49)34-16-8-4-9-17-34)50-51-48-40-21-13-12-20-36(40)23-29-45(48)52(50)44-28-24-38(33-14-6-3-7-15-33)30-43(44)35-18-10-5-11-19-35;1-13(2)15-11-16(14-9-7-6-8-10-14)18-12-17(15)19(3,4)5;/h3-26,28-32H,1-2H3;6-9,11-13H,1-5H3;/q2*-1;/i;13D;. The molecular weight excluding hydrogens is 1100 g/mol. The summed E-state index contributed by atoms with van der Waals surface area (Å²) in [6, 6.07) is 78.2. The minimum atomic E-state index is -1.50. The molecule has 0 saturated carbocycles. The van der Waals surface area contributed by atoms with Crippen molar-refractivity contribution in [1.29, 1.82) is 0 Å². The van der Waals surface area contributed by atoms with Crippen LogP contribution in [0.25, 0.3) is 104 Å². The van der Waals surface area contributed by atoms with E-state index in [1.165, 1.54) is 58.6 Å². The van der Waals surface area contributed by atoms with E-state index in [4.69, 9.17) is 6.35 Å². The van der Waals surface area contributed by atoms with Crippen molar-refractivity contribution < 1.29 is 21.5 Å². The van der Waals surface area contributed by atoms with Crippen LogP contribution >= 0.6 is 11.3 Å². The smallest absolute Gasteiger partial charge is 0.0852 e. The number of nitrogens with zero attached hydrogens (tertiary/aromatic N) is 3. The van der Waals surface area contributed by atoms with E-state index >= 15 is 0 Å². The number of pyridine rings is 1. The molecule has 0 amide bonds. The van der Waals surface area contributed by atoms with Gasteiger partial charge in [0, 0.05) is 49.0 Å². The number of hydrogen-bond donors (Lipinski definition) is 0. The van der Waals surface area contributed by atoms with Gasteiger partial charge < -0.3 is 9.55 Å². The first-order valence-electron chi connectivity index (χ1n) is 25.4. The summed E-state index contributed by atoms with van der Waals surface area (Å²) < 4.78 is 13.3. The van der Waals surface area contributed by atoms with E-state index in [1.807, 2.05) is 55.6 Å². The van der Waals surface area contributed by atoms with Crippen LogP contribution in [-0.2, 0) is 20.1 Å². The van der Waals surface area contributed by atoms with Gasteiger partial charge in [-0.1, -0.05) is 221 Å². The van der Waals surface area contributed by atoms with E-state index < -0.39 is 14.0 Å². The molecule has 9 aromatic carbocycles. The van der Waals surface area contributed by atoms with Crippen LogP contribution in [0.3, 0.4) is 0 Å². The number of hydrogen-bond acceptors (Lipinski definition) is 3. The van der Waals surface area contributed by atoms with Gasteiger partial charge in [-0.25, -0.2) is 0 Å². The minimum absolute atomic E-state index is 0. The van der Waals surface area contributed by atoms with Crippen molar-refractivity contribution in [2.45, 2.75) is 59.1 Å². The first kappa shape index (κ1) is 48.2. The molecule has 12 aromatic rings. The topological polar surface area (TPSA) is 30.7 Å². The largest absolute Gasteiger partial charge is 0.333 e. The molecule has 0 aliphatic rings. The molecule has 73 heavy (non-hydrogen) atoms. The number of benzene rings is 9. The first-order chi connectivity index (χ1) is 35.3. The van der Waals surface area contributed by atoms with Crippen LogP contribution in [0.15, 0.2) is 206 Å². The molecule has 0 N–H and O–H groups in total. The van der Waals surface area contributed by atoms with E-state index in [2.05, 4.69) is 231 Å². The Bertz CT molecular complexity index is 3950. The Labute approximate surface area is 450 Å². The van der Waals surface area contributed by atoms with Crippen LogP contribution in [0.5, 0.6) is 0 Å². The quantitative estimate of drug-likeness (QED) is 0.107. The van der Waals surface area contributed by atoms with Gasteiger partial charge in [0.1, 0.15) is 0 Å². The maximum Gasteiger partial charge on any atom is 0.0852 e. The Morgan fingerprint density at radius 3 is 1.96 bits per heavy atom. The molecule has 0 aliphatic carbocycles. The molecule has 0 unspecified atom stereocenters. The molecule has 1 radical (unpaired) electrons. The van der Waals surface area contributed by atoms with Crippen LogP contribution in [0.1, 0.15) is 52.0 Å². The number of imidazole rings is 1. The molecule has 0 spiro atoms. The van der Waals surface area contributed by atoms with E-state index in [1.54, 1.807) is 0 Å². The fourth-order valence-corrected chi connectivity index (χ4v) is 12.8. The Morgan fingerprint density at radius 2 is 1.29 bits per heavy atom. The van der Waals surface area contributed by atoms with Crippen LogP contribution in [-0.4, -0.2) is 22.6 Å². The third-order valence-electron chi connectivity index (χ3n) is 13.8. The van der Waals surface area contributed by atoms with Gasteiger partial charge in [-0.2, -0.15) is 11.3 Å². The zero-order chi connectivity index (χ0) is 50.4. The van der Waals surface area contributed by atoms with Crippen LogP contribution < -0.4 is 5.19 Å². The summed E-state index contributed by atoms with van der Waals surface area (Å²) in [5, 5.41) is 6.12. The third-order valence-corrected chi connectivity index (χ3v) is 16.9. The van der Waals surface area contributed by atoms with Crippen molar-refractivity contribution in [2.24, 2.45) is 0 Å². The van der Waals surface area contributed by atoms with E-state index in [0.717, 1.165) is 61.4 Å². The van der Waals surface area contributed by atoms with E-state index in [-0.39, 0.29) is 20.1 Å². The SMILES string of the molecule is CC(C)c1ccc2c(c1)sc1c(-c3nc4c5ccccc5ccc4n3-c3ccc(-c4ccccc4)cc3-c3ccccc3)[c-]cc(-c3ccccc3)c12.[2H]C(C)(C)c1cc(-c2[c-]cccc2)ncc1[Si](C)(C)C.[Ir]. The predicted molar refractivity (Wildman–Crippen MR) is 312 cm³/mol. The van der Waals surface area contributed by atoms with Crippen LogP contribution in [0.2, 0.25) is 19.6 Å². The predicted octanol–water partition coefficient (Wildman–Crippen LogP) is 18.4. The third kappa shape index (κ3) is 9.69. The molecule has 3 heterocycles. The Balaban J connectivity index is 0.000000252. The molecule has 0 saturated heterocycles. The van der Waals surface area contributed by atoms with Crippen molar-refractivity contribution in [2.75, 3.05) is 0 Å². The molecule has 0 atom stereocenters. The van der Waals surface area contributed by atoms with Gasteiger partial charge in [0.05, 0.1) is 24.9 Å². The Morgan fingerprint density at radius 1 is 0.616 bits per heavy atom. The fourth-order valence-electron chi connectivity index (χ4n) is 9.99. The number of rotatable bonds is 9. The van der Waals surface area contributed by atoms with Crippen molar-refractivity contribution in [3.63, 3.8) is 0 Å². The van der Waals surface area contributed by atoms with E-state index in [0.29, 0.717) is 5.92 Å². The molecule has 3 aromatic heterocycles. The average molecular weight is 1160 g/mol. The molecule has 0 bridgehead atoms. The summed E-state index contributed by atoms with van der Waals surface area (Å²) in [4.78, 5) is 10.2. The summed E-state index contributed by atoms with van der Waals surface area (Å²) in [6.45, 7) is 15.3. The minimum Gasteiger partial charge on any atom is -0.333 e. The zero-order valence-corrected chi connectivity index (χ0v) is 46.5. The second-order valence-electron chi connectivity index (χ2n) is 20.2. The van der Waals surface area contributed by atoms with Crippen molar-refractivity contribution in [3.8, 4) is 61.7 Å². The fraction of sp³-hybridized carbons (Fsp3) is 0.134. The van der Waals surface area contributed by atoms with Gasteiger partial charge in [-0.3, -0.25) is 4.98 Å². The summed E-state index contributed by atoms with van der Waals surface area (Å²) >= 11 is 1.86. The summed E-state index contributed by atoms with van der Waals surface area (Å²) in [7, 11) is -1.50. The van der Waals surface area contributed by atoms with Crippen LogP contribution in [0.4, 0.5) is 0 Å². The summed E-state index contributed by atoms with van der Waals surface area (Å²) in [5.41, 5.74) is 15.5. The second kappa shape index (κ2) is 20.8. The molecule has 12 rings (SSSR count). The molecule has 3 nitrogen and oxygen atoms in total. The monoisotopic (exact) mass is 1160 g/mol. The molecule has 6 heteroatoms. The van der Waals surface area contributed by atoms with Crippen molar-refractivity contribution in [3.05, 3.63) is 230 Å². The number of thiophene rings is 1. The van der Waals surface area contributed by atoms with Gasteiger partial charge >= 0.3 is 0 Å². The number of aromatic nitrogens is 3. The van der Waals surface area contributed by atoms with Crippen molar-refractivity contribution >= 4 is 66.6 Å². The van der Waals surface area contributed by atoms with Gasteiger partial charge in [0.2, 0.25) is 0 Å². The molecule has 0 fully saturated rings. The normalized spacial score (nSPS) is 12.0. The molecule has 0 aliphatic heterocycles. The second-order valence-corrected chi connectivity index (χ2v) is 26.3. The van der Waals surface area contributed by atoms with Crippen LogP contribution in [0, 0.1) is 12.1 Å². The van der Waals surface area contributed by atoms with Gasteiger partial charge in [0.25, 0.3) is 0 Å². The Hall–Kier alpha value is -7.05. The molecule has 361 valence electrons. The summed E-state index contributed by atoms with van der Waals surface area (Å²) in [6.07, 6.45) is 1.98. The van der Waals surface area contributed by atoms with Gasteiger partial charge in [0.15, 0.2) is 0 Å². The van der Waals surface area contributed by atoms with Gasteiger partial charge in [-0.15, -0.1) is 48.0 Å². The maximum absolute atomic E-state index is 8.44. The Kier molecular flexibility index (Phi) is 13.8. The number of fused-ring (bicyclic) bond motifs is 6.